The Morgan fingerprint density at radius 3 is 2.51 bits per heavy atom. The molecule has 0 bridgehead atoms. The Balaban J connectivity index is 1.30. The van der Waals surface area contributed by atoms with Crippen LogP contribution in [0, 0.1) is 17.7 Å². The summed E-state index contributed by atoms with van der Waals surface area (Å²) < 4.78 is 33.8. The summed E-state index contributed by atoms with van der Waals surface area (Å²) in [5, 5.41) is 14.7. The third kappa shape index (κ3) is 10.1. The van der Waals surface area contributed by atoms with Gasteiger partial charge in [0.25, 0.3) is 0 Å². The Kier molecular flexibility index (Phi) is 12.5. The summed E-state index contributed by atoms with van der Waals surface area (Å²) in [6.07, 6.45) is 7.11. The maximum Gasteiger partial charge on any atom is 0.410 e. The summed E-state index contributed by atoms with van der Waals surface area (Å²) in [7, 11) is 0. The molecule has 3 aliphatic rings. The largest absolute Gasteiger partial charge is 0.457 e. The molecular formula is C36H48FN5O7. The van der Waals surface area contributed by atoms with Crippen molar-refractivity contribution < 1.29 is 38.1 Å². The molecule has 1 aromatic carbocycles. The lowest BCUT2D eigenvalue weighted by molar-refractivity contribution is -0.151. The number of piperazine rings is 1. The lowest BCUT2D eigenvalue weighted by atomic mass is 9.91. The smallest absolute Gasteiger partial charge is 0.410 e. The number of hydrogen-bond acceptors (Lipinski definition) is 9. The zero-order valence-corrected chi connectivity index (χ0v) is 28.6. The highest BCUT2D eigenvalue weighted by Gasteiger charge is 2.29. The molecule has 1 aromatic heterocycles. The number of aliphatic hydroxyl groups excluding tert-OH is 1. The minimum atomic E-state index is -0.902. The van der Waals surface area contributed by atoms with Crippen LogP contribution in [0.25, 0.3) is 6.08 Å². The SMILES string of the molecule is C/C(=C\c1cc(F)cc(N2CCN(C(=O)Cn3cccn3)CC2)c1)[C@H]1OC(=O)C[C@H](O)CC[C@H](C)[C@@H](OC(=O)N2CCOCC2)/C=C/[C@@H]1C. The van der Waals surface area contributed by atoms with Gasteiger partial charge in [0.1, 0.15) is 24.6 Å². The molecule has 0 spiro atoms. The average molecular weight is 682 g/mol. The van der Waals surface area contributed by atoms with Gasteiger partial charge in [-0.3, -0.25) is 14.3 Å². The zero-order valence-electron chi connectivity index (χ0n) is 28.6. The fraction of sp³-hybridized carbons (Fsp3) is 0.556. The van der Waals surface area contributed by atoms with Crippen molar-refractivity contribution in [3.05, 3.63) is 65.8 Å². The van der Waals surface area contributed by atoms with E-state index in [4.69, 9.17) is 14.2 Å². The second-order valence-corrected chi connectivity index (χ2v) is 13.2. The molecule has 4 heterocycles. The summed E-state index contributed by atoms with van der Waals surface area (Å²) in [6, 6.07) is 6.58. The Morgan fingerprint density at radius 2 is 1.80 bits per heavy atom. The first-order valence-corrected chi connectivity index (χ1v) is 17.1. The van der Waals surface area contributed by atoms with Crippen molar-refractivity contribution in [1.29, 1.82) is 0 Å². The topological polar surface area (TPSA) is 127 Å². The zero-order chi connectivity index (χ0) is 34.9. The van der Waals surface area contributed by atoms with Crippen LogP contribution in [0.5, 0.6) is 0 Å². The van der Waals surface area contributed by atoms with Crippen molar-refractivity contribution in [3.8, 4) is 0 Å². The predicted molar refractivity (Wildman–Crippen MR) is 181 cm³/mol. The number of anilines is 1. The summed E-state index contributed by atoms with van der Waals surface area (Å²) >= 11 is 0. The summed E-state index contributed by atoms with van der Waals surface area (Å²) in [5.41, 5.74) is 2.00. The molecule has 12 nitrogen and oxygen atoms in total. The number of nitrogens with zero attached hydrogens (tertiary/aromatic N) is 5. The number of hydrogen-bond donors (Lipinski definition) is 1. The molecule has 49 heavy (non-hydrogen) atoms. The molecule has 2 saturated heterocycles. The molecule has 5 rings (SSSR count). The molecular weight excluding hydrogens is 633 g/mol. The summed E-state index contributed by atoms with van der Waals surface area (Å²) in [6.45, 7) is 9.86. The van der Waals surface area contributed by atoms with Gasteiger partial charge in [-0.1, -0.05) is 26.0 Å². The number of esters is 1. The van der Waals surface area contributed by atoms with E-state index in [1.54, 1.807) is 39.0 Å². The van der Waals surface area contributed by atoms with Gasteiger partial charge >= 0.3 is 12.1 Å². The van der Waals surface area contributed by atoms with E-state index < -0.39 is 36.2 Å². The van der Waals surface area contributed by atoms with Crippen molar-refractivity contribution in [2.24, 2.45) is 11.8 Å². The second-order valence-electron chi connectivity index (χ2n) is 13.2. The van der Waals surface area contributed by atoms with E-state index in [2.05, 4.69) is 10.00 Å². The first-order valence-electron chi connectivity index (χ1n) is 17.1. The Morgan fingerprint density at radius 1 is 1.04 bits per heavy atom. The monoisotopic (exact) mass is 681 g/mol. The molecule has 0 saturated carbocycles. The number of benzene rings is 1. The highest BCUT2D eigenvalue weighted by atomic mass is 19.1. The average Bonchev–Trinajstić information content (AvgIpc) is 3.60. The van der Waals surface area contributed by atoms with Crippen LogP contribution in [-0.2, 0) is 30.3 Å². The Labute approximate surface area is 287 Å². The van der Waals surface area contributed by atoms with Crippen molar-refractivity contribution in [2.75, 3.05) is 57.4 Å². The Bertz CT molecular complexity index is 1480. The first-order chi connectivity index (χ1) is 23.5. The van der Waals surface area contributed by atoms with Gasteiger partial charge in [-0.2, -0.15) is 5.10 Å². The lowest BCUT2D eigenvalue weighted by Crippen LogP contribution is -2.49. The number of cyclic esters (lactones) is 1. The fourth-order valence-electron chi connectivity index (χ4n) is 6.44. The highest BCUT2D eigenvalue weighted by molar-refractivity contribution is 5.76. The van der Waals surface area contributed by atoms with E-state index in [1.165, 1.54) is 12.1 Å². The van der Waals surface area contributed by atoms with Crippen molar-refractivity contribution >= 4 is 29.7 Å². The molecule has 5 atom stereocenters. The van der Waals surface area contributed by atoms with Crippen LogP contribution in [0.1, 0.15) is 45.6 Å². The molecule has 2 aromatic rings. The van der Waals surface area contributed by atoms with Crippen molar-refractivity contribution in [1.82, 2.24) is 19.6 Å². The fourth-order valence-corrected chi connectivity index (χ4v) is 6.44. The number of carbonyl (C=O) groups excluding carboxylic acids is 3. The van der Waals surface area contributed by atoms with E-state index in [0.29, 0.717) is 82.1 Å². The minimum absolute atomic E-state index is 0.0138. The van der Waals surface area contributed by atoms with E-state index in [-0.39, 0.29) is 30.7 Å². The number of halogens is 1. The third-order valence-electron chi connectivity index (χ3n) is 9.37. The van der Waals surface area contributed by atoms with Crippen molar-refractivity contribution in [3.63, 3.8) is 0 Å². The molecule has 2 fully saturated rings. The molecule has 0 radical (unpaired) electrons. The van der Waals surface area contributed by atoms with Gasteiger partial charge in [0.2, 0.25) is 5.91 Å². The standard InChI is InChI=1S/C36H48FN5O7/c1-25-5-7-31(43)23-34(45)49-35(26(2)6-8-32(25)48-36(46)41-15-17-47-18-16-41)27(3)19-28-20-29(37)22-30(21-28)39-11-13-40(14-12-39)33(44)24-42-10-4-9-38-42/h4,6,8-10,19-22,25-26,31-32,35,43H,5,7,11-18,23-24H2,1-3H3/b8-6+,27-19+/t25-,26-,31+,32-,35-/m0/s1. The first kappa shape index (κ1) is 36.1. The van der Waals surface area contributed by atoms with Crippen LogP contribution in [0.15, 0.2) is 54.4 Å². The maximum atomic E-state index is 15.0. The van der Waals surface area contributed by atoms with Crippen LogP contribution in [0.3, 0.4) is 0 Å². The van der Waals surface area contributed by atoms with Crippen LogP contribution >= 0.6 is 0 Å². The number of morpholine rings is 1. The number of amides is 2. The van der Waals surface area contributed by atoms with Crippen molar-refractivity contribution in [2.45, 2.75) is 64.9 Å². The lowest BCUT2D eigenvalue weighted by Gasteiger charge is -2.36. The van der Waals surface area contributed by atoms with Gasteiger partial charge in [-0.05, 0) is 67.2 Å². The molecule has 0 aliphatic carbocycles. The molecule has 266 valence electrons. The minimum Gasteiger partial charge on any atom is -0.457 e. The van der Waals surface area contributed by atoms with Gasteiger partial charge in [0, 0.05) is 63.3 Å². The predicted octanol–water partition coefficient (Wildman–Crippen LogP) is 3.90. The van der Waals surface area contributed by atoms with Gasteiger partial charge in [-0.25, -0.2) is 9.18 Å². The summed E-state index contributed by atoms with van der Waals surface area (Å²) in [5.74, 6) is -1.36. The number of ether oxygens (including phenoxy) is 3. The maximum absolute atomic E-state index is 15.0. The Hall–Kier alpha value is -4.23. The molecule has 3 aliphatic heterocycles. The number of aromatic nitrogens is 2. The molecule has 1 N–H and O–H groups in total. The van der Waals surface area contributed by atoms with E-state index in [9.17, 15) is 23.9 Å². The van der Waals surface area contributed by atoms with Crippen LogP contribution in [0.2, 0.25) is 0 Å². The van der Waals surface area contributed by atoms with Gasteiger partial charge in [0.15, 0.2) is 0 Å². The van der Waals surface area contributed by atoms with E-state index >= 15 is 0 Å². The van der Waals surface area contributed by atoms with E-state index in [1.807, 2.05) is 39.0 Å². The number of rotatable bonds is 6. The normalized spacial score (nSPS) is 26.7. The summed E-state index contributed by atoms with van der Waals surface area (Å²) in [4.78, 5) is 44.1. The van der Waals surface area contributed by atoms with Crippen LogP contribution in [0.4, 0.5) is 14.9 Å². The number of carbonyl (C=O) groups is 3. The molecule has 13 heteroatoms. The highest BCUT2D eigenvalue weighted by Crippen LogP contribution is 2.28. The number of aliphatic hydroxyl groups is 1. The second kappa shape index (κ2) is 16.9. The molecule has 0 unspecified atom stereocenters. The van der Waals surface area contributed by atoms with Crippen LogP contribution in [-0.4, -0.2) is 113 Å². The van der Waals surface area contributed by atoms with Crippen LogP contribution < -0.4 is 4.90 Å². The molecule has 2 amide bonds. The van der Waals surface area contributed by atoms with Gasteiger partial charge in [-0.15, -0.1) is 0 Å². The van der Waals surface area contributed by atoms with E-state index in [0.717, 1.165) is 0 Å². The van der Waals surface area contributed by atoms with Gasteiger partial charge in [0.05, 0.1) is 25.7 Å². The van der Waals surface area contributed by atoms with Gasteiger partial charge < -0.3 is 34.0 Å². The third-order valence-corrected chi connectivity index (χ3v) is 9.37. The quantitative estimate of drug-likeness (QED) is 0.357.